The van der Waals surface area contributed by atoms with Crippen LogP contribution in [0.3, 0.4) is 0 Å². The minimum absolute atomic E-state index is 0.0611. The Balaban J connectivity index is 1.82. The van der Waals surface area contributed by atoms with Crippen molar-refractivity contribution in [2.75, 3.05) is 19.6 Å². The first-order chi connectivity index (χ1) is 12.0. The molecule has 0 aromatic heterocycles. The summed E-state index contributed by atoms with van der Waals surface area (Å²) in [5.74, 6) is -0.879. The lowest BCUT2D eigenvalue weighted by molar-refractivity contribution is -0.128. The van der Waals surface area contributed by atoms with Gasteiger partial charge in [0, 0.05) is 37.1 Å². The highest BCUT2D eigenvalue weighted by Crippen LogP contribution is 2.10. The maximum atomic E-state index is 13.1. The lowest BCUT2D eigenvalue weighted by atomic mass is 10.1. The van der Waals surface area contributed by atoms with Crippen LogP contribution in [-0.2, 0) is 11.2 Å². The van der Waals surface area contributed by atoms with E-state index in [9.17, 15) is 14.0 Å². The molecule has 0 aliphatic carbocycles. The second-order valence-corrected chi connectivity index (χ2v) is 6.09. The molecule has 0 aliphatic rings. The number of nitrogens with one attached hydrogen (secondary N) is 1. The van der Waals surface area contributed by atoms with Crippen LogP contribution in [0, 0.1) is 5.82 Å². The minimum Gasteiger partial charge on any atom is -0.350 e. The fraction of sp³-hybridized carbons (Fsp3) is 0.263. The van der Waals surface area contributed by atoms with Crippen LogP contribution in [-0.4, -0.2) is 36.3 Å². The molecule has 2 aromatic rings. The Bertz CT molecular complexity index is 734. The van der Waals surface area contributed by atoms with E-state index < -0.39 is 5.82 Å². The van der Waals surface area contributed by atoms with E-state index in [1.165, 1.54) is 25.1 Å². The maximum Gasteiger partial charge on any atom is 0.251 e. The van der Waals surface area contributed by atoms with Crippen LogP contribution in [0.5, 0.6) is 0 Å². The topological polar surface area (TPSA) is 49.4 Å². The van der Waals surface area contributed by atoms with Crippen molar-refractivity contribution in [1.82, 2.24) is 10.2 Å². The Labute approximate surface area is 151 Å². The first kappa shape index (κ1) is 18.9. The normalized spacial score (nSPS) is 10.4. The molecule has 2 rings (SSSR count). The predicted molar refractivity (Wildman–Crippen MR) is 96.1 cm³/mol. The minimum atomic E-state index is -0.457. The summed E-state index contributed by atoms with van der Waals surface area (Å²) >= 11 is 5.86. The molecule has 1 N–H and O–H groups in total. The second kappa shape index (κ2) is 9.18. The Kier molecular flexibility index (Phi) is 6.95. The predicted octanol–water partition coefficient (Wildman–Crippen LogP) is 3.30. The molecular formula is C19H20ClFN2O2. The van der Waals surface area contributed by atoms with Gasteiger partial charge in [0.25, 0.3) is 5.91 Å². The molecular weight excluding hydrogens is 343 g/mol. The highest BCUT2D eigenvalue weighted by Gasteiger charge is 2.10. The van der Waals surface area contributed by atoms with Gasteiger partial charge in [0.05, 0.1) is 0 Å². The summed E-state index contributed by atoms with van der Waals surface area (Å²) in [6, 6.07) is 13.0. The van der Waals surface area contributed by atoms with Gasteiger partial charge in [-0.3, -0.25) is 9.59 Å². The first-order valence-electron chi connectivity index (χ1n) is 7.99. The third-order valence-electron chi connectivity index (χ3n) is 3.78. The smallest absolute Gasteiger partial charge is 0.251 e. The van der Waals surface area contributed by atoms with Gasteiger partial charge in [-0.2, -0.15) is 0 Å². The molecule has 0 radical (unpaired) electrons. The molecule has 2 amide bonds. The number of hydrogen-bond acceptors (Lipinski definition) is 2. The average Bonchev–Trinajstić information content (AvgIpc) is 2.59. The molecule has 0 aliphatic heterocycles. The van der Waals surface area contributed by atoms with Gasteiger partial charge >= 0.3 is 0 Å². The molecule has 0 atom stereocenters. The van der Waals surface area contributed by atoms with Gasteiger partial charge in [-0.15, -0.1) is 0 Å². The van der Waals surface area contributed by atoms with Crippen LogP contribution < -0.4 is 5.32 Å². The molecule has 2 aromatic carbocycles. The number of hydrogen-bond donors (Lipinski definition) is 1. The summed E-state index contributed by atoms with van der Waals surface area (Å²) in [5, 5.41) is 3.37. The zero-order chi connectivity index (χ0) is 18.2. The van der Waals surface area contributed by atoms with E-state index in [1.54, 1.807) is 11.0 Å². The number of benzene rings is 2. The molecule has 0 saturated carbocycles. The zero-order valence-corrected chi connectivity index (χ0v) is 14.7. The van der Waals surface area contributed by atoms with Crippen LogP contribution >= 0.6 is 11.6 Å². The molecule has 132 valence electrons. The van der Waals surface area contributed by atoms with Crippen LogP contribution in [0.1, 0.15) is 22.8 Å². The van der Waals surface area contributed by atoms with E-state index in [1.807, 2.05) is 24.3 Å². The summed E-state index contributed by atoms with van der Waals surface area (Å²) in [4.78, 5) is 25.4. The fourth-order valence-corrected chi connectivity index (χ4v) is 2.50. The van der Waals surface area contributed by atoms with Crippen molar-refractivity contribution in [3.05, 3.63) is 70.5 Å². The van der Waals surface area contributed by atoms with Crippen molar-refractivity contribution in [3.8, 4) is 0 Å². The van der Waals surface area contributed by atoms with E-state index in [-0.39, 0.29) is 17.4 Å². The molecule has 0 spiro atoms. The van der Waals surface area contributed by atoms with Gasteiger partial charge in [0.2, 0.25) is 5.91 Å². The lowest BCUT2D eigenvalue weighted by Crippen LogP contribution is -2.38. The van der Waals surface area contributed by atoms with Crippen LogP contribution in [0.15, 0.2) is 48.5 Å². The van der Waals surface area contributed by atoms with Gasteiger partial charge < -0.3 is 10.2 Å². The van der Waals surface area contributed by atoms with Gasteiger partial charge in [-0.25, -0.2) is 4.39 Å². The Morgan fingerprint density at radius 2 is 1.84 bits per heavy atom. The van der Waals surface area contributed by atoms with Crippen molar-refractivity contribution in [1.29, 1.82) is 0 Å². The van der Waals surface area contributed by atoms with Crippen LogP contribution in [0.25, 0.3) is 0 Å². The van der Waals surface area contributed by atoms with Crippen molar-refractivity contribution in [2.45, 2.75) is 13.3 Å². The van der Waals surface area contributed by atoms with E-state index in [0.29, 0.717) is 31.1 Å². The maximum absolute atomic E-state index is 13.1. The van der Waals surface area contributed by atoms with E-state index >= 15 is 0 Å². The zero-order valence-electron chi connectivity index (χ0n) is 14.0. The average molecular weight is 363 g/mol. The number of amides is 2. The molecule has 0 bridgehead atoms. The van der Waals surface area contributed by atoms with E-state index in [0.717, 1.165) is 5.56 Å². The third-order valence-corrected chi connectivity index (χ3v) is 4.04. The molecule has 0 unspecified atom stereocenters. The molecule has 25 heavy (non-hydrogen) atoms. The van der Waals surface area contributed by atoms with Gasteiger partial charge in [0.15, 0.2) is 0 Å². The lowest BCUT2D eigenvalue weighted by Gasteiger charge is -2.21. The van der Waals surface area contributed by atoms with Crippen molar-refractivity contribution in [3.63, 3.8) is 0 Å². The Morgan fingerprint density at radius 1 is 1.12 bits per heavy atom. The van der Waals surface area contributed by atoms with Crippen molar-refractivity contribution in [2.24, 2.45) is 0 Å². The first-order valence-corrected chi connectivity index (χ1v) is 8.37. The van der Waals surface area contributed by atoms with Crippen molar-refractivity contribution >= 4 is 23.4 Å². The standard InChI is InChI=1S/C19H20ClFN2O2/c1-14(24)23(11-9-15-5-7-17(20)8-6-15)12-10-22-19(25)16-3-2-4-18(21)13-16/h2-8,13H,9-12H2,1H3,(H,22,25). The highest BCUT2D eigenvalue weighted by atomic mass is 35.5. The third kappa shape index (κ3) is 6.19. The molecule has 0 saturated heterocycles. The largest absolute Gasteiger partial charge is 0.350 e. The SMILES string of the molecule is CC(=O)N(CCNC(=O)c1cccc(F)c1)CCc1ccc(Cl)cc1. The summed E-state index contributed by atoms with van der Waals surface area (Å²) in [5.41, 5.74) is 1.34. The fourth-order valence-electron chi connectivity index (χ4n) is 2.38. The molecule has 0 heterocycles. The van der Waals surface area contributed by atoms with E-state index in [4.69, 9.17) is 11.6 Å². The molecule has 4 nitrogen and oxygen atoms in total. The van der Waals surface area contributed by atoms with Gasteiger partial charge in [-0.05, 0) is 42.3 Å². The van der Waals surface area contributed by atoms with Crippen molar-refractivity contribution < 1.29 is 14.0 Å². The van der Waals surface area contributed by atoms with Crippen LogP contribution in [0.4, 0.5) is 4.39 Å². The summed E-state index contributed by atoms with van der Waals surface area (Å²) in [6.07, 6.45) is 0.703. The molecule has 6 heteroatoms. The number of nitrogens with zero attached hydrogens (tertiary/aromatic N) is 1. The Hall–Kier alpha value is -2.40. The highest BCUT2D eigenvalue weighted by molar-refractivity contribution is 6.30. The quantitative estimate of drug-likeness (QED) is 0.821. The van der Waals surface area contributed by atoms with Gasteiger partial charge in [-0.1, -0.05) is 29.8 Å². The van der Waals surface area contributed by atoms with E-state index in [2.05, 4.69) is 5.32 Å². The molecule has 0 fully saturated rings. The Morgan fingerprint density at radius 3 is 2.48 bits per heavy atom. The summed E-state index contributed by atoms with van der Waals surface area (Å²) in [7, 11) is 0. The number of halogens is 2. The van der Waals surface area contributed by atoms with Gasteiger partial charge in [0.1, 0.15) is 5.82 Å². The monoisotopic (exact) mass is 362 g/mol. The summed E-state index contributed by atoms with van der Waals surface area (Å²) < 4.78 is 13.1. The number of carbonyl (C=O) groups is 2. The number of carbonyl (C=O) groups excluding carboxylic acids is 2. The number of rotatable bonds is 7. The van der Waals surface area contributed by atoms with Crippen LogP contribution in [0.2, 0.25) is 5.02 Å². The second-order valence-electron chi connectivity index (χ2n) is 5.65. The summed E-state index contributed by atoms with van der Waals surface area (Å²) in [6.45, 7) is 2.74.